The van der Waals surface area contributed by atoms with Crippen molar-refractivity contribution in [3.8, 4) is 0 Å². The van der Waals surface area contributed by atoms with Crippen LogP contribution in [-0.2, 0) is 16.0 Å². The maximum absolute atomic E-state index is 12.4. The number of fused-ring (bicyclic) bond motifs is 2. The molecule has 0 radical (unpaired) electrons. The third-order valence-corrected chi connectivity index (χ3v) is 4.88. The first-order valence-electron chi connectivity index (χ1n) is 9.15. The van der Waals surface area contributed by atoms with E-state index < -0.39 is 5.60 Å². The number of rotatable bonds is 4. The van der Waals surface area contributed by atoms with Crippen molar-refractivity contribution in [3.63, 3.8) is 0 Å². The molecular weight excluding hydrogens is 320 g/mol. The Hall–Kier alpha value is -1.98. The number of nitrogens with one attached hydrogen (secondary N) is 1. The van der Waals surface area contributed by atoms with Crippen molar-refractivity contribution in [3.05, 3.63) is 24.2 Å². The molecule has 0 saturated carbocycles. The van der Waals surface area contributed by atoms with Crippen LogP contribution < -0.4 is 5.32 Å². The number of hydrogen-bond acceptors (Lipinski definition) is 4. The van der Waals surface area contributed by atoms with Crippen molar-refractivity contribution < 1.29 is 18.7 Å². The molecule has 1 N–H and O–H groups in total. The van der Waals surface area contributed by atoms with Gasteiger partial charge in [-0.2, -0.15) is 0 Å². The molecule has 2 aliphatic rings. The normalized spacial score (nSPS) is 25.7. The van der Waals surface area contributed by atoms with Crippen LogP contribution >= 0.6 is 0 Å². The minimum Gasteiger partial charge on any atom is -0.469 e. The predicted octanol–water partition coefficient (Wildman–Crippen LogP) is 3.26. The molecule has 6 nitrogen and oxygen atoms in total. The summed E-state index contributed by atoms with van der Waals surface area (Å²) in [6.45, 7) is 5.66. The van der Waals surface area contributed by atoms with Gasteiger partial charge in [-0.3, -0.25) is 4.79 Å². The Morgan fingerprint density at radius 2 is 1.96 bits per heavy atom. The molecule has 1 aromatic rings. The number of furan rings is 1. The lowest BCUT2D eigenvalue weighted by molar-refractivity contribution is -0.122. The van der Waals surface area contributed by atoms with Crippen molar-refractivity contribution in [2.45, 2.75) is 83.0 Å². The van der Waals surface area contributed by atoms with Crippen molar-refractivity contribution in [2.24, 2.45) is 0 Å². The Balaban J connectivity index is 1.49. The van der Waals surface area contributed by atoms with E-state index in [-0.39, 0.29) is 30.1 Å². The summed E-state index contributed by atoms with van der Waals surface area (Å²) in [7, 11) is 0. The molecule has 2 unspecified atom stereocenters. The summed E-state index contributed by atoms with van der Waals surface area (Å²) in [5.41, 5.74) is -0.479. The Bertz CT molecular complexity index is 591. The molecule has 1 aromatic heterocycles. The molecule has 3 heterocycles. The topological polar surface area (TPSA) is 71.8 Å². The molecule has 25 heavy (non-hydrogen) atoms. The average Bonchev–Trinajstić information content (AvgIpc) is 3.10. The molecule has 3 rings (SSSR count). The molecular formula is C19H28N2O4. The van der Waals surface area contributed by atoms with Crippen molar-refractivity contribution in [1.82, 2.24) is 10.2 Å². The van der Waals surface area contributed by atoms with Gasteiger partial charge in [-0.1, -0.05) is 0 Å². The van der Waals surface area contributed by atoms with Gasteiger partial charge in [0, 0.05) is 31.0 Å². The van der Waals surface area contributed by atoms with Crippen LogP contribution in [0.5, 0.6) is 0 Å². The van der Waals surface area contributed by atoms with Gasteiger partial charge in [-0.25, -0.2) is 4.79 Å². The first kappa shape index (κ1) is 17.8. The maximum Gasteiger partial charge on any atom is 0.410 e. The van der Waals surface area contributed by atoms with E-state index >= 15 is 0 Å². The van der Waals surface area contributed by atoms with E-state index in [1.54, 1.807) is 6.26 Å². The largest absolute Gasteiger partial charge is 0.469 e. The number of piperidine rings is 1. The first-order chi connectivity index (χ1) is 11.8. The van der Waals surface area contributed by atoms with Crippen LogP contribution in [0.25, 0.3) is 0 Å². The van der Waals surface area contributed by atoms with Crippen molar-refractivity contribution in [1.29, 1.82) is 0 Å². The van der Waals surface area contributed by atoms with E-state index in [4.69, 9.17) is 9.15 Å². The van der Waals surface area contributed by atoms with Gasteiger partial charge in [-0.05, 0) is 58.6 Å². The van der Waals surface area contributed by atoms with Gasteiger partial charge < -0.3 is 19.4 Å². The molecule has 2 saturated heterocycles. The van der Waals surface area contributed by atoms with E-state index in [1.807, 2.05) is 37.8 Å². The van der Waals surface area contributed by atoms with Gasteiger partial charge in [0.05, 0.1) is 6.26 Å². The zero-order valence-electron chi connectivity index (χ0n) is 15.3. The van der Waals surface area contributed by atoms with Gasteiger partial charge in [0.1, 0.15) is 11.4 Å². The van der Waals surface area contributed by atoms with E-state index in [0.29, 0.717) is 12.8 Å². The molecule has 0 aliphatic carbocycles. The van der Waals surface area contributed by atoms with Crippen LogP contribution in [0.4, 0.5) is 4.79 Å². The Morgan fingerprint density at radius 1 is 1.28 bits per heavy atom. The number of nitrogens with zero attached hydrogens (tertiary/aromatic N) is 1. The molecule has 2 atom stereocenters. The van der Waals surface area contributed by atoms with E-state index in [0.717, 1.165) is 31.4 Å². The van der Waals surface area contributed by atoms with Crippen LogP contribution in [0.2, 0.25) is 0 Å². The van der Waals surface area contributed by atoms with E-state index in [1.165, 1.54) is 0 Å². The third kappa shape index (κ3) is 4.55. The van der Waals surface area contributed by atoms with E-state index in [2.05, 4.69) is 5.32 Å². The number of carbonyl (C=O) groups excluding carboxylic acids is 2. The number of hydrogen-bond donors (Lipinski definition) is 1. The van der Waals surface area contributed by atoms with Gasteiger partial charge >= 0.3 is 6.09 Å². The molecule has 0 spiro atoms. The van der Waals surface area contributed by atoms with Crippen molar-refractivity contribution in [2.75, 3.05) is 0 Å². The second-order valence-corrected chi connectivity index (χ2v) is 8.09. The lowest BCUT2D eigenvalue weighted by atomic mass is 9.97. The molecule has 2 aliphatic heterocycles. The maximum atomic E-state index is 12.4. The van der Waals surface area contributed by atoms with Gasteiger partial charge in [0.2, 0.25) is 5.91 Å². The minimum absolute atomic E-state index is 0.0477. The highest BCUT2D eigenvalue weighted by molar-refractivity contribution is 5.76. The summed E-state index contributed by atoms with van der Waals surface area (Å²) >= 11 is 0. The second-order valence-electron chi connectivity index (χ2n) is 8.09. The molecule has 2 bridgehead atoms. The number of aryl methyl sites for hydroxylation is 1. The summed E-state index contributed by atoms with van der Waals surface area (Å²) in [5, 5.41) is 3.13. The monoisotopic (exact) mass is 348 g/mol. The SMILES string of the molecule is CC(C)(C)OC(=O)N1C2CCC1CC(NC(=O)CCc1ccco1)C2. The summed E-state index contributed by atoms with van der Waals surface area (Å²) in [6.07, 6.45) is 6.03. The highest BCUT2D eigenvalue weighted by Gasteiger charge is 2.45. The minimum atomic E-state index is -0.479. The Morgan fingerprint density at radius 3 is 2.52 bits per heavy atom. The zero-order valence-corrected chi connectivity index (χ0v) is 15.3. The van der Waals surface area contributed by atoms with E-state index in [9.17, 15) is 9.59 Å². The van der Waals surface area contributed by atoms with Gasteiger partial charge in [-0.15, -0.1) is 0 Å². The third-order valence-electron chi connectivity index (χ3n) is 4.88. The number of carbonyl (C=O) groups is 2. The fourth-order valence-corrected chi connectivity index (χ4v) is 3.90. The van der Waals surface area contributed by atoms with Crippen LogP contribution in [0.3, 0.4) is 0 Å². The summed E-state index contributed by atoms with van der Waals surface area (Å²) < 4.78 is 10.8. The highest BCUT2D eigenvalue weighted by Crippen LogP contribution is 2.36. The zero-order chi connectivity index (χ0) is 18.0. The quantitative estimate of drug-likeness (QED) is 0.906. The van der Waals surface area contributed by atoms with Crippen LogP contribution in [0.1, 0.15) is 58.6 Å². The van der Waals surface area contributed by atoms with Crippen LogP contribution in [0.15, 0.2) is 22.8 Å². The summed E-state index contributed by atoms with van der Waals surface area (Å²) in [5.74, 6) is 0.876. The molecule has 138 valence electrons. The highest BCUT2D eigenvalue weighted by atomic mass is 16.6. The fraction of sp³-hybridized carbons (Fsp3) is 0.684. The number of ether oxygens (including phenoxy) is 1. The molecule has 2 amide bonds. The van der Waals surface area contributed by atoms with Gasteiger partial charge in [0.15, 0.2) is 0 Å². The first-order valence-corrected chi connectivity index (χ1v) is 9.15. The second kappa shape index (κ2) is 7.10. The standard InChI is InChI=1S/C19H28N2O4/c1-19(2,3)25-18(23)21-14-6-7-15(21)12-13(11-14)20-17(22)9-8-16-5-4-10-24-16/h4-5,10,13-15H,6-9,11-12H2,1-3H3,(H,20,22). The Kier molecular flexibility index (Phi) is 5.06. The number of amides is 2. The van der Waals surface area contributed by atoms with Crippen LogP contribution in [0, 0.1) is 0 Å². The molecule has 6 heteroatoms. The van der Waals surface area contributed by atoms with Crippen LogP contribution in [-0.4, -0.2) is 40.6 Å². The van der Waals surface area contributed by atoms with Gasteiger partial charge in [0.25, 0.3) is 0 Å². The van der Waals surface area contributed by atoms with Crippen molar-refractivity contribution >= 4 is 12.0 Å². The summed E-state index contributed by atoms with van der Waals surface area (Å²) in [6, 6.07) is 4.19. The predicted molar refractivity (Wildman–Crippen MR) is 93.1 cm³/mol. The lowest BCUT2D eigenvalue weighted by Gasteiger charge is -2.39. The molecule has 0 aromatic carbocycles. The fourth-order valence-electron chi connectivity index (χ4n) is 3.90. The molecule has 2 fully saturated rings. The lowest BCUT2D eigenvalue weighted by Crippen LogP contribution is -2.53. The Labute approximate surface area is 148 Å². The smallest absolute Gasteiger partial charge is 0.410 e. The summed E-state index contributed by atoms with van der Waals surface area (Å²) in [4.78, 5) is 26.5. The average molecular weight is 348 g/mol.